The number of anilines is 1. The van der Waals surface area contributed by atoms with E-state index in [0.717, 1.165) is 11.1 Å². The monoisotopic (exact) mass is 409 g/mol. The van der Waals surface area contributed by atoms with Crippen LogP contribution in [0.25, 0.3) is 5.69 Å². The largest absolute Gasteiger partial charge is 0.493 e. The Balaban J connectivity index is 1.69. The zero-order valence-electron chi connectivity index (χ0n) is 17.3. The molecule has 0 aliphatic rings. The molecular weight excluding hydrogens is 386 g/mol. The fourth-order valence-electron chi connectivity index (χ4n) is 2.76. The van der Waals surface area contributed by atoms with Crippen molar-refractivity contribution >= 4 is 11.6 Å². The zero-order chi connectivity index (χ0) is 21.7. The van der Waals surface area contributed by atoms with Gasteiger partial charge in [-0.1, -0.05) is 6.07 Å². The van der Waals surface area contributed by atoms with Gasteiger partial charge < -0.3 is 19.5 Å². The Labute approximate surface area is 174 Å². The van der Waals surface area contributed by atoms with E-state index in [1.54, 1.807) is 18.2 Å². The van der Waals surface area contributed by atoms with Crippen molar-refractivity contribution in [3.8, 4) is 23.1 Å². The first kappa shape index (κ1) is 20.9. The average molecular weight is 409 g/mol. The quantitative estimate of drug-likeness (QED) is 0.645. The number of carbonyl (C=O) groups is 1. The molecule has 0 fully saturated rings. The highest BCUT2D eigenvalue weighted by atomic mass is 16.5. The lowest BCUT2D eigenvalue weighted by Crippen LogP contribution is -2.24. The summed E-state index contributed by atoms with van der Waals surface area (Å²) in [7, 11) is 3.05. The molecule has 0 atom stereocenters. The van der Waals surface area contributed by atoms with Gasteiger partial charge in [0.15, 0.2) is 18.1 Å². The van der Waals surface area contributed by atoms with E-state index in [0.29, 0.717) is 22.9 Å². The van der Waals surface area contributed by atoms with E-state index < -0.39 is 0 Å². The molecule has 1 N–H and O–H groups in total. The summed E-state index contributed by atoms with van der Waals surface area (Å²) in [5.74, 6) is 0.839. The van der Waals surface area contributed by atoms with E-state index in [-0.39, 0.29) is 24.0 Å². The number of aromatic nitrogens is 2. The fourth-order valence-corrected chi connectivity index (χ4v) is 2.76. The van der Waals surface area contributed by atoms with E-state index in [4.69, 9.17) is 14.2 Å². The second-order valence-electron chi connectivity index (χ2n) is 6.60. The summed E-state index contributed by atoms with van der Waals surface area (Å²) < 4.78 is 17.1. The molecule has 0 spiro atoms. The normalized spacial score (nSPS) is 10.4. The summed E-state index contributed by atoms with van der Waals surface area (Å²) >= 11 is 0. The number of ether oxygens (including phenoxy) is 3. The van der Waals surface area contributed by atoms with Gasteiger partial charge in [0, 0.05) is 23.9 Å². The van der Waals surface area contributed by atoms with Crippen LogP contribution in [0.1, 0.15) is 11.1 Å². The summed E-state index contributed by atoms with van der Waals surface area (Å²) in [6, 6.07) is 13.4. The summed E-state index contributed by atoms with van der Waals surface area (Å²) in [5.41, 5.74) is 3.03. The summed E-state index contributed by atoms with van der Waals surface area (Å²) in [6.07, 6.45) is 0. The number of carbonyl (C=O) groups excluding carboxylic acids is 1. The van der Waals surface area contributed by atoms with Gasteiger partial charge in [0.2, 0.25) is 5.88 Å². The first-order valence-corrected chi connectivity index (χ1v) is 9.24. The van der Waals surface area contributed by atoms with Crippen molar-refractivity contribution in [3.05, 3.63) is 70.0 Å². The molecule has 1 amide bonds. The third kappa shape index (κ3) is 4.78. The second-order valence-corrected chi connectivity index (χ2v) is 6.60. The third-order valence-electron chi connectivity index (χ3n) is 4.53. The van der Waals surface area contributed by atoms with Crippen LogP contribution in [-0.2, 0) is 4.79 Å². The van der Waals surface area contributed by atoms with E-state index >= 15 is 0 Å². The maximum absolute atomic E-state index is 12.2. The molecule has 0 aliphatic heterocycles. The molecule has 156 valence electrons. The maximum Gasteiger partial charge on any atom is 0.271 e. The number of nitrogens with zero attached hydrogens (tertiary/aromatic N) is 2. The first-order valence-electron chi connectivity index (χ1n) is 9.24. The number of aryl methyl sites for hydroxylation is 2. The highest BCUT2D eigenvalue weighted by Crippen LogP contribution is 2.29. The van der Waals surface area contributed by atoms with Gasteiger partial charge in [-0.2, -0.15) is 4.68 Å². The minimum atomic E-state index is -0.382. The van der Waals surface area contributed by atoms with Crippen LogP contribution in [0.15, 0.2) is 53.3 Å². The van der Waals surface area contributed by atoms with Crippen molar-refractivity contribution < 1.29 is 19.0 Å². The Morgan fingerprint density at radius 1 is 0.967 bits per heavy atom. The molecule has 3 rings (SSSR count). The van der Waals surface area contributed by atoms with Crippen LogP contribution in [0.3, 0.4) is 0 Å². The molecule has 8 nitrogen and oxygen atoms in total. The Morgan fingerprint density at radius 2 is 1.73 bits per heavy atom. The van der Waals surface area contributed by atoms with Crippen LogP contribution in [0, 0.1) is 13.8 Å². The van der Waals surface area contributed by atoms with Gasteiger partial charge in [0.05, 0.1) is 19.9 Å². The van der Waals surface area contributed by atoms with E-state index in [1.807, 2.05) is 32.0 Å². The van der Waals surface area contributed by atoms with Gasteiger partial charge in [-0.05, 0) is 49.2 Å². The molecule has 8 heteroatoms. The van der Waals surface area contributed by atoms with Crippen molar-refractivity contribution in [2.45, 2.75) is 13.8 Å². The predicted octanol–water partition coefficient (Wildman–Crippen LogP) is 2.88. The lowest BCUT2D eigenvalue weighted by Gasteiger charge is -2.11. The number of methoxy groups -OCH3 is 2. The Morgan fingerprint density at radius 3 is 2.43 bits per heavy atom. The summed E-state index contributed by atoms with van der Waals surface area (Å²) in [4.78, 5) is 24.4. The van der Waals surface area contributed by atoms with Crippen LogP contribution >= 0.6 is 0 Å². The van der Waals surface area contributed by atoms with E-state index in [2.05, 4.69) is 10.4 Å². The third-order valence-corrected chi connectivity index (χ3v) is 4.53. The first-order chi connectivity index (χ1) is 14.4. The SMILES string of the molecule is COc1ccc(NC(=O)COc2ccc(=O)n(-c3ccc(C)c(C)c3)n2)cc1OC. The number of hydrogen-bond acceptors (Lipinski definition) is 6. The molecule has 0 saturated heterocycles. The van der Waals surface area contributed by atoms with E-state index in [1.165, 1.54) is 31.0 Å². The number of rotatable bonds is 7. The van der Waals surface area contributed by atoms with Gasteiger partial charge in [-0.3, -0.25) is 9.59 Å². The van der Waals surface area contributed by atoms with Crippen molar-refractivity contribution in [2.75, 3.05) is 26.1 Å². The van der Waals surface area contributed by atoms with Gasteiger partial charge >= 0.3 is 0 Å². The van der Waals surface area contributed by atoms with Crippen molar-refractivity contribution in [3.63, 3.8) is 0 Å². The highest BCUT2D eigenvalue weighted by Gasteiger charge is 2.10. The predicted molar refractivity (Wildman–Crippen MR) is 113 cm³/mol. The minimum Gasteiger partial charge on any atom is -0.493 e. The average Bonchev–Trinajstić information content (AvgIpc) is 2.75. The van der Waals surface area contributed by atoms with Gasteiger partial charge in [-0.15, -0.1) is 5.10 Å². The van der Waals surface area contributed by atoms with Crippen LogP contribution in [0.4, 0.5) is 5.69 Å². The van der Waals surface area contributed by atoms with Crippen LogP contribution in [0.5, 0.6) is 17.4 Å². The van der Waals surface area contributed by atoms with E-state index in [9.17, 15) is 9.59 Å². The maximum atomic E-state index is 12.2. The zero-order valence-corrected chi connectivity index (χ0v) is 17.3. The number of nitrogens with one attached hydrogen (secondary N) is 1. The van der Waals surface area contributed by atoms with Gasteiger partial charge in [-0.25, -0.2) is 0 Å². The number of amides is 1. The fraction of sp³-hybridized carbons (Fsp3) is 0.227. The number of benzene rings is 2. The summed E-state index contributed by atoms with van der Waals surface area (Å²) in [5, 5.41) is 6.92. The molecule has 0 saturated carbocycles. The van der Waals surface area contributed by atoms with Crippen molar-refractivity contribution in [1.29, 1.82) is 0 Å². The minimum absolute atomic E-state index is 0.162. The van der Waals surface area contributed by atoms with Crippen molar-refractivity contribution in [2.24, 2.45) is 0 Å². The molecule has 0 unspecified atom stereocenters. The summed E-state index contributed by atoms with van der Waals surface area (Å²) in [6.45, 7) is 3.68. The lowest BCUT2D eigenvalue weighted by molar-refractivity contribution is -0.118. The molecule has 2 aromatic carbocycles. The molecular formula is C22H23N3O5. The van der Waals surface area contributed by atoms with Crippen LogP contribution < -0.4 is 25.1 Å². The van der Waals surface area contributed by atoms with Gasteiger partial charge in [0.1, 0.15) is 0 Å². The topological polar surface area (TPSA) is 91.7 Å². The van der Waals surface area contributed by atoms with Crippen LogP contribution in [0.2, 0.25) is 0 Å². The molecule has 0 radical (unpaired) electrons. The standard InChI is InChI=1S/C22H23N3O5/c1-14-5-7-17(11-15(14)2)25-22(27)10-9-21(24-25)30-13-20(26)23-16-6-8-18(28-3)19(12-16)29-4/h5-12H,13H2,1-4H3,(H,23,26). The van der Waals surface area contributed by atoms with Crippen LogP contribution in [-0.4, -0.2) is 36.5 Å². The smallest absolute Gasteiger partial charge is 0.271 e. The molecule has 1 heterocycles. The molecule has 0 bridgehead atoms. The van der Waals surface area contributed by atoms with Gasteiger partial charge in [0.25, 0.3) is 11.5 Å². The Bertz CT molecular complexity index is 1120. The Kier molecular flexibility index (Phi) is 6.36. The number of hydrogen-bond donors (Lipinski definition) is 1. The molecule has 0 aliphatic carbocycles. The van der Waals surface area contributed by atoms with Crippen molar-refractivity contribution in [1.82, 2.24) is 9.78 Å². The Hall–Kier alpha value is -3.81. The lowest BCUT2D eigenvalue weighted by atomic mass is 10.1. The molecule has 1 aromatic heterocycles. The highest BCUT2D eigenvalue weighted by molar-refractivity contribution is 5.92. The second kappa shape index (κ2) is 9.13. The molecule has 30 heavy (non-hydrogen) atoms. The molecule has 3 aromatic rings.